The molecule has 1 N–H and O–H groups in total. The molecule has 9 heavy (non-hydrogen) atoms. The summed E-state index contributed by atoms with van der Waals surface area (Å²) in [7, 11) is 3.90. The molecular weight excluding hydrogens is 116 g/mol. The minimum absolute atomic E-state index is 0.162. The smallest absolute Gasteiger partial charge is 0.179 e. The summed E-state index contributed by atoms with van der Waals surface area (Å²) in [6, 6.07) is 0. The predicted molar refractivity (Wildman–Crippen MR) is 38.5 cm³/mol. The highest BCUT2D eigenvalue weighted by Gasteiger charge is 2.10. The Bertz CT molecular complexity index is 91.1. The average molecular weight is 131 g/mol. The number of quaternary nitrogens is 1. The Hall–Kier alpha value is -0.410. The van der Waals surface area contributed by atoms with E-state index in [9.17, 15) is 0 Å². The Morgan fingerprint density at radius 1 is 1.56 bits per heavy atom. The number of aliphatic hydroxyl groups excluding tert-OH is 1. The molecule has 3 nitrogen and oxygen atoms in total. The predicted octanol–water partition coefficient (Wildman–Crippen LogP) is -0.287. The van der Waals surface area contributed by atoms with Crippen molar-refractivity contribution in [2.24, 2.45) is 4.99 Å². The van der Waals surface area contributed by atoms with Crippen LogP contribution >= 0.6 is 0 Å². The van der Waals surface area contributed by atoms with Crippen LogP contribution in [-0.4, -0.2) is 50.2 Å². The molecule has 0 aromatic rings. The minimum Gasteiger partial charge on any atom is -0.347 e. The Morgan fingerprint density at radius 2 is 2.11 bits per heavy atom. The summed E-state index contributed by atoms with van der Waals surface area (Å²) >= 11 is 0. The molecule has 0 radical (unpaired) electrons. The van der Waals surface area contributed by atoms with Gasteiger partial charge in [0, 0.05) is 0 Å². The molecule has 0 aromatic heterocycles. The fourth-order valence-electron chi connectivity index (χ4n) is 0.412. The average Bonchev–Trinajstić information content (AvgIpc) is 1.84. The zero-order valence-electron chi connectivity index (χ0n) is 6.17. The van der Waals surface area contributed by atoms with Crippen LogP contribution in [0.3, 0.4) is 0 Å². The monoisotopic (exact) mass is 131 g/mol. The molecular formula is C6H15N2O+. The Morgan fingerprint density at radius 3 is 2.44 bits per heavy atom. The quantitative estimate of drug-likeness (QED) is 0.317. The topological polar surface area (TPSA) is 32.6 Å². The first-order valence-electron chi connectivity index (χ1n) is 2.98. The molecule has 0 unspecified atom stereocenters. The first-order valence-corrected chi connectivity index (χ1v) is 2.98. The van der Waals surface area contributed by atoms with Crippen LogP contribution in [0.1, 0.15) is 0 Å². The maximum Gasteiger partial charge on any atom is 0.179 e. The second-order valence-corrected chi connectivity index (χ2v) is 2.75. The molecule has 0 fully saturated rings. The van der Waals surface area contributed by atoms with E-state index >= 15 is 0 Å². The Balaban J connectivity index is 3.44. The maximum atomic E-state index is 8.73. The van der Waals surface area contributed by atoms with Gasteiger partial charge in [0.25, 0.3) is 0 Å². The first-order chi connectivity index (χ1) is 4.12. The van der Waals surface area contributed by atoms with Gasteiger partial charge in [-0.15, -0.1) is 0 Å². The van der Waals surface area contributed by atoms with E-state index in [1.54, 1.807) is 0 Å². The van der Waals surface area contributed by atoms with Gasteiger partial charge >= 0.3 is 0 Å². The summed E-state index contributed by atoms with van der Waals surface area (Å²) < 4.78 is 0.596. The lowest BCUT2D eigenvalue weighted by atomic mass is 10.5. The number of aliphatic imine (C=N–C) groups is 1. The number of hydrogen-bond acceptors (Lipinski definition) is 2. The SMILES string of the molecule is C=NCC[N+](C)(C)CO. The van der Waals surface area contributed by atoms with Gasteiger partial charge in [-0.25, -0.2) is 0 Å². The van der Waals surface area contributed by atoms with Crippen molar-refractivity contribution in [3.8, 4) is 0 Å². The highest BCUT2D eigenvalue weighted by Crippen LogP contribution is 1.92. The summed E-state index contributed by atoms with van der Waals surface area (Å²) in [6.45, 7) is 5.08. The van der Waals surface area contributed by atoms with Gasteiger partial charge < -0.3 is 9.59 Å². The molecule has 0 saturated heterocycles. The van der Waals surface area contributed by atoms with Crippen LogP contribution in [0.2, 0.25) is 0 Å². The third kappa shape index (κ3) is 4.12. The van der Waals surface area contributed by atoms with E-state index in [1.165, 1.54) is 0 Å². The third-order valence-electron chi connectivity index (χ3n) is 1.25. The highest BCUT2D eigenvalue weighted by atomic mass is 16.3. The van der Waals surface area contributed by atoms with Crippen LogP contribution in [0, 0.1) is 0 Å². The second kappa shape index (κ2) is 3.58. The minimum atomic E-state index is 0.162. The maximum absolute atomic E-state index is 8.73. The lowest BCUT2D eigenvalue weighted by molar-refractivity contribution is -0.907. The molecule has 54 valence electrons. The fourth-order valence-corrected chi connectivity index (χ4v) is 0.412. The van der Waals surface area contributed by atoms with Crippen molar-refractivity contribution in [1.82, 2.24) is 0 Å². The lowest BCUT2D eigenvalue weighted by Gasteiger charge is -2.25. The van der Waals surface area contributed by atoms with Crippen LogP contribution in [0.15, 0.2) is 4.99 Å². The van der Waals surface area contributed by atoms with Gasteiger partial charge in [-0.05, 0) is 6.72 Å². The molecule has 0 aliphatic carbocycles. The summed E-state index contributed by atoms with van der Waals surface area (Å²) in [6.07, 6.45) is 0. The molecule has 3 heteroatoms. The van der Waals surface area contributed by atoms with E-state index in [2.05, 4.69) is 11.7 Å². The number of aliphatic hydroxyl groups is 1. The van der Waals surface area contributed by atoms with Crippen LogP contribution in [0.25, 0.3) is 0 Å². The lowest BCUT2D eigenvalue weighted by Crippen LogP contribution is -2.42. The van der Waals surface area contributed by atoms with Gasteiger partial charge in [0.05, 0.1) is 27.2 Å². The summed E-state index contributed by atoms with van der Waals surface area (Å²) in [5.74, 6) is 0. The van der Waals surface area contributed by atoms with E-state index in [1.807, 2.05) is 14.1 Å². The van der Waals surface area contributed by atoms with E-state index in [0.717, 1.165) is 6.54 Å². The van der Waals surface area contributed by atoms with Crippen molar-refractivity contribution in [2.45, 2.75) is 0 Å². The highest BCUT2D eigenvalue weighted by molar-refractivity contribution is 5.22. The largest absolute Gasteiger partial charge is 0.347 e. The summed E-state index contributed by atoms with van der Waals surface area (Å²) in [5.41, 5.74) is 0. The van der Waals surface area contributed by atoms with Crippen molar-refractivity contribution in [3.63, 3.8) is 0 Å². The van der Waals surface area contributed by atoms with Crippen LogP contribution < -0.4 is 0 Å². The van der Waals surface area contributed by atoms with E-state index in [0.29, 0.717) is 11.0 Å². The number of nitrogens with zero attached hydrogens (tertiary/aromatic N) is 2. The van der Waals surface area contributed by atoms with Crippen molar-refractivity contribution in [3.05, 3.63) is 0 Å². The molecule has 0 spiro atoms. The number of hydrogen-bond donors (Lipinski definition) is 1. The van der Waals surface area contributed by atoms with Crippen molar-refractivity contribution in [1.29, 1.82) is 0 Å². The van der Waals surface area contributed by atoms with Gasteiger partial charge in [-0.3, -0.25) is 4.99 Å². The molecule has 0 aliphatic rings. The van der Waals surface area contributed by atoms with E-state index < -0.39 is 0 Å². The Labute approximate surface area is 56.2 Å². The van der Waals surface area contributed by atoms with Crippen LogP contribution in [0.5, 0.6) is 0 Å². The first kappa shape index (κ1) is 8.59. The van der Waals surface area contributed by atoms with Gasteiger partial charge in [-0.2, -0.15) is 0 Å². The normalized spacial score (nSPS) is 11.4. The van der Waals surface area contributed by atoms with Crippen molar-refractivity contribution < 1.29 is 9.59 Å². The Kier molecular flexibility index (Phi) is 3.42. The molecule has 0 aromatic carbocycles. The van der Waals surface area contributed by atoms with E-state index in [-0.39, 0.29) is 6.73 Å². The fraction of sp³-hybridized carbons (Fsp3) is 0.833. The number of rotatable bonds is 4. The molecule has 0 amide bonds. The van der Waals surface area contributed by atoms with Gasteiger partial charge in [0.15, 0.2) is 6.73 Å². The van der Waals surface area contributed by atoms with E-state index in [4.69, 9.17) is 5.11 Å². The van der Waals surface area contributed by atoms with Crippen molar-refractivity contribution >= 4 is 6.72 Å². The summed E-state index contributed by atoms with van der Waals surface area (Å²) in [5, 5.41) is 8.73. The molecule has 0 saturated carbocycles. The van der Waals surface area contributed by atoms with Gasteiger partial charge in [-0.1, -0.05) is 0 Å². The van der Waals surface area contributed by atoms with Gasteiger partial charge in [0.1, 0.15) is 0 Å². The number of likely N-dealkylation sites (N-methyl/N-ethyl adjacent to an activating group) is 1. The van der Waals surface area contributed by atoms with Crippen molar-refractivity contribution in [2.75, 3.05) is 33.9 Å². The van der Waals surface area contributed by atoms with Crippen LogP contribution in [0.4, 0.5) is 0 Å². The molecule has 0 rings (SSSR count). The zero-order chi connectivity index (χ0) is 7.33. The molecule has 0 bridgehead atoms. The standard InChI is InChI=1S/C6H15N2O/c1-7-4-5-8(2,3)6-9/h9H,1,4-6H2,2-3H3/q+1. The molecule has 0 atom stereocenters. The molecule has 0 heterocycles. The molecule has 0 aliphatic heterocycles. The second-order valence-electron chi connectivity index (χ2n) is 2.75. The van der Waals surface area contributed by atoms with Gasteiger partial charge in [0.2, 0.25) is 0 Å². The third-order valence-corrected chi connectivity index (χ3v) is 1.25. The van der Waals surface area contributed by atoms with Crippen LogP contribution in [-0.2, 0) is 0 Å². The zero-order valence-corrected chi connectivity index (χ0v) is 6.17. The summed E-state index contributed by atoms with van der Waals surface area (Å²) in [4.78, 5) is 3.69.